The number of ketones is 2. The fourth-order valence-corrected chi connectivity index (χ4v) is 5.00. The molecule has 36 heavy (non-hydrogen) atoms. The van der Waals surface area contributed by atoms with E-state index in [0.29, 0.717) is 29.0 Å². The summed E-state index contributed by atoms with van der Waals surface area (Å²) in [6, 6.07) is 21.0. The lowest BCUT2D eigenvalue weighted by Crippen LogP contribution is -2.32. The minimum atomic E-state index is -1.15. The van der Waals surface area contributed by atoms with E-state index in [4.69, 9.17) is 9.47 Å². The van der Waals surface area contributed by atoms with E-state index >= 15 is 0 Å². The Balaban J connectivity index is 1.54. The maximum absolute atomic E-state index is 13.6. The molecule has 7 nitrogen and oxygen atoms in total. The van der Waals surface area contributed by atoms with Gasteiger partial charge in [-0.1, -0.05) is 54.6 Å². The number of Topliss-reactive ketones (excluding diaryl/α,β-unsaturated/α-hetero) is 2. The summed E-state index contributed by atoms with van der Waals surface area (Å²) in [5.41, 5.74) is 3.08. The molecule has 0 bridgehead atoms. The Morgan fingerprint density at radius 3 is 2.39 bits per heavy atom. The second-order valence-electron chi connectivity index (χ2n) is 8.74. The highest BCUT2D eigenvalue weighted by Gasteiger charge is 2.51. The van der Waals surface area contributed by atoms with E-state index in [-0.39, 0.29) is 12.3 Å². The highest BCUT2D eigenvalue weighted by molar-refractivity contribution is 6.44. The maximum Gasteiger partial charge on any atom is 0.291 e. The smallest absolute Gasteiger partial charge is 0.291 e. The third kappa shape index (κ3) is 4.02. The number of aromatic nitrogens is 1. The number of hydrogen-bond acceptors (Lipinski definition) is 5. The van der Waals surface area contributed by atoms with Gasteiger partial charge in [0.1, 0.15) is 5.92 Å². The maximum atomic E-state index is 13.6. The van der Waals surface area contributed by atoms with Crippen LogP contribution in [0.5, 0.6) is 11.5 Å². The molecule has 1 aliphatic heterocycles. The van der Waals surface area contributed by atoms with E-state index in [1.807, 2.05) is 30.5 Å². The summed E-state index contributed by atoms with van der Waals surface area (Å²) < 4.78 is 10.8. The van der Waals surface area contributed by atoms with Crippen LogP contribution in [0.1, 0.15) is 27.5 Å². The third-order valence-electron chi connectivity index (χ3n) is 6.79. The van der Waals surface area contributed by atoms with Crippen molar-refractivity contribution < 1.29 is 23.9 Å². The van der Waals surface area contributed by atoms with Crippen molar-refractivity contribution in [3.8, 4) is 11.5 Å². The number of amides is 1. The van der Waals surface area contributed by atoms with Crippen LogP contribution in [0.25, 0.3) is 10.9 Å². The molecule has 7 heteroatoms. The van der Waals surface area contributed by atoms with Crippen LogP contribution < -0.4 is 9.47 Å². The number of fused-ring (bicyclic) bond motifs is 1. The summed E-state index contributed by atoms with van der Waals surface area (Å²) in [4.78, 5) is 44.9. The van der Waals surface area contributed by atoms with Crippen LogP contribution in [0.2, 0.25) is 0 Å². The van der Waals surface area contributed by atoms with Crippen molar-refractivity contribution in [3.63, 3.8) is 0 Å². The van der Waals surface area contributed by atoms with Crippen molar-refractivity contribution in [3.05, 3.63) is 95.7 Å². The van der Waals surface area contributed by atoms with Gasteiger partial charge in [0.05, 0.1) is 20.3 Å². The number of rotatable bonds is 8. The molecule has 5 rings (SSSR count). The summed E-state index contributed by atoms with van der Waals surface area (Å²) in [6.45, 7) is 0.282. The zero-order chi connectivity index (χ0) is 25.2. The van der Waals surface area contributed by atoms with Gasteiger partial charge in [-0.25, -0.2) is 0 Å². The van der Waals surface area contributed by atoms with Crippen molar-refractivity contribution in [2.45, 2.75) is 12.5 Å². The Kier molecular flexibility index (Phi) is 6.29. The number of aromatic amines is 1. The quantitative estimate of drug-likeness (QED) is 0.229. The number of likely N-dealkylation sites (tertiary alicyclic amines) is 1. The predicted octanol–water partition coefficient (Wildman–Crippen LogP) is 4.38. The first kappa shape index (κ1) is 23.4. The molecule has 0 aliphatic carbocycles. The third-order valence-corrected chi connectivity index (χ3v) is 6.79. The molecule has 182 valence electrons. The number of methoxy groups -OCH3 is 2. The van der Waals surface area contributed by atoms with E-state index < -0.39 is 23.7 Å². The molecule has 2 unspecified atom stereocenters. The Hall–Kier alpha value is -4.39. The molecule has 1 aromatic heterocycles. The summed E-state index contributed by atoms with van der Waals surface area (Å²) in [5.74, 6) is -1.88. The minimum absolute atomic E-state index is 0.282. The number of nitrogens with zero attached hydrogens (tertiary/aromatic N) is 1. The first-order chi connectivity index (χ1) is 17.5. The van der Waals surface area contributed by atoms with Crippen molar-refractivity contribution in [2.75, 3.05) is 20.8 Å². The molecule has 2 atom stereocenters. The number of ether oxygens (including phenoxy) is 2. The number of nitrogens with one attached hydrogen (secondary N) is 1. The van der Waals surface area contributed by atoms with Gasteiger partial charge in [0, 0.05) is 29.2 Å². The Morgan fingerprint density at radius 1 is 0.917 bits per heavy atom. The van der Waals surface area contributed by atoms with Gasteiger partial charge in [-0.3, -0.25) is 14.4 Å². The number of carbonyl (C=O) groups is 3. The molecule has 1 fully saturated rings. The van der Waals surface area contributed by atoms with Crippen LogP contribution in [0.15, 0.2) is 79.0 Å². The van der Waals surface area contributed by atoms with Crippen LogP contribution in [0.4, 0.5) is 0 Å². The molecular formula is C29H26N2O5. The second-order valence-corrected chi connectivity index (χ2v) is 8.74. The van der Waals surface area contributed by atoms with E-state index in [9.17, 15) is 14.4 Å². The first-order valence-corrected chi connectivity index (χ1v) is 11.7. The lowest BCUT2D eigenvalue weighted by Gasteiger charge is -2.28. The molecule has 1 saturated heterocycles. The van der Waals surface area contributed by atoms with Crippen LogP contribution in [0, 0.1) is 5.92 Å². The van der Waals surface area contributed by atoms with Gasteiger partial charge in [-0.15, -0.1) is 0 Å². The highest BCUT2D eigenvalue weighted by atomic mass is 16.5. The lowest BCUT2D eigenvalue weighted by atomic mass is 9.86. The standard InChI is InChI=1S/C29H26N2O5/c1-35-23-13-12-19(16-24(23)36-2)26-25(27(32)18-8-4-3-5-9-18)28(33)29(34)31(26)15-14-20-17-30-22-11-7-6-10-21(20)22/h3-13,16-17,25-26,30H,14-15H2,1-2H3. The normalized spacial score (nSPS) is 17.6. The molecule has 1 N–H and O–H groups in total. The molecule has 3 aromatic carbocycles. The van der Waals surface area contributed by atoms with Gasteiger partial charge >= 0.3 is 0 Å². The molecule has 2 heterocycles. The second kappa shape index (κ2) is 9.70. The van der Waals surface area contributed by atoms with E-state index in [2.05, 4.69) is 4.98 Å². The Morgan fingerprint density at radius 2 is 1.64 bits per heavy atom. The number of carbonyl (C=O) groups excluding carboxylic acids is 3. The fraction of sp³-hybridized carbons (Fsp3) is 0.207. The Bertz CT molecular complexity index is 1440. The SMILES string of the molecule is COc1ccc(C2C(C(=O)c3ccccc3)C(=O)C(=O)N2CCc2c[nH]c3ccccc23)cc1OC. The van der Waals surface area contributed by atoms with Crippen LogP contribution in [0.3, 0.4) is 0 Å². The molecule has 0 spiro atoms. The van der Waals surface area contributed by atoms with Crippen LogP contribution >= 0.6 is 0 Å². The van der Waals surface area contributed by atoms with Crippen LogP contribution in [-0.2, 0) is 16.0 Å². The topological polar surface area (TPSA) is 88.7 Å². The monoisotopic (exact) mass is 482 g/mol. The summed E-state index contributed by atoms with van der Waals surface area (Å²) in [5, 5.41) is 1.06. The summed E-state index contributed by atoms with van der Waals surface area (Å²) >= 11 is 0. The highest BCUT2D eigenvalue weighted by Crippen LogP contribution is 2.41. The lowest BCUT2D eigenvalue weighted by molar-refractivity contribution is -0.140. The molecular weight excluding hydrogens is 456 g/mol. The molecule has 4 aromatic rings. The number of benzene rings is 3. The van der Waals surface area contributed by atoms with Crippen LogP contribution in [-0.4, -0.2) is 48.1 Å². The summed E-state index contributed by atoms with van der Waals surface area (Å²) in [6.07, 6.45) is 2.45. The van der Waals surface area contributed by atoms with Gasteiger partial charge in [0.2, 0.25) is 5.78 Å². The van der Waals surface area contributed by atoms with Gasteiger partial charge in [-0.2, -0.15) is 0 Å². The van der Waals surface area contributed by atoms with E-state index in [1.165, 1.54) is 19.1 Å². The van der Waals surface area contributed by atoms with Crippen molar-refractivity contribution in [2.24, 2.45) is 5.92 Å². The molecule has 1 amide bonds. The number of H-pyrrole nitrogens is 1. The van der Waals surface area contributed by atoms with Crippen molar-refractivity contribution >= 4 is 28.4 Å². The van der Waals surface area contributed by atoms with Gasteiger partial charge in [-0.05, 0) is 35.7 Å². The van der Waals surface area contributed by atoms with E-state index in [1.54, 1.807) is 48.5 Å². The van der Waals surface area contributed by atoms with Crippen molar-refractivity contribution in [1.29, 1.82) is 0 Å². The zero-order valence-corrected chi connectivity index (χ0v) is 20.1. The number of para-hydroxylation sites is 1. The fourth-order valence-electron chi connectivity index (χ4n) is 5.00. The average Bonchev–Trinajstić information content (AvgIpc) is 3.45. The van der Waals surface area contributed by atoms with Gasteiger partial charge in [0.15, 0.2) is 17.3 Å². The molecule has 1 aliphatic rings. The summed E-state index contributed by atoms with van der Waals surface area (Å²) in [7, 11) is 3.06. The van der Waals surface area contributed by atoms with Crippen molar-refractivity contribution in [1.82, 2.24) is 9.88 Å². The Labute approximate surface area is 208 Å². The van der Waals surface area contributed by atoms with Gasteiger partial charge < -0.3 is 19.4 Å². The minimum Gasteiger partial charge on any atom is -0.493 e. The van der Waals surface area contributed by atoms with E-state index in [0.717, 1.165) is 16.5 Å². The van der Waals surface area contributed by atoms with Gasteiger partial charge in [0.25, 0.3) is 5.91 Å². The molecule has 0 saturated carbocycles. The first-order valence-electron chi connectivity index (χ1n) is 11.7. The predicted molar refractivity (Wildman–Crippen MR) is 135 cm³/mol. The largest absolute Gasteiger partial charge is 0.493 e. The molecule has 0 radical (unpaired) electrons. The zero-order valence-electron chi connectivity index (χ0n) is 20.1. The number of hydrogen-bond donors (Lipinski definition) is 1. The average molecular weight is 483 g/mol.